The van der Waals surface area contributed by atoms with Gasteiger partial charge in [-0.1, -0.05) is 17.7 Å². The van der Waals surface area contributed by atoms with Crippen molar-refractivity contribution in [1.82, 2.24) is 4.90 Å². The van der Waals surface area contributed by atoms with E-state index in [4.69, 9.17) is 0 Å². The van der Waals surface area contributed by atoms with Gasteiger partial charge in [-0.2, -0.15) is 13.2 Å². The van der Waals surface area contributed by atoms with Gasteiger partial charge in [-0.3, -0.25) is 14.5 Å². The maximum atomic E-state index is 12.6. The molecule has 30 heavy (non-hydrogen) atoms. The smallest absolute Gasteiger partial charge is 0.325 e. The number of hydrogen-bond acceptors (Lipinski definition) is 3. The number of hydrogen-bond donors (Lipinski definition) is 2. The Morgan fingerprint density at radius 3 is 2.03 bits per heavy atom. The van der Waals surface area contributed by atoms with Gasteiger partial charge in [0.2, 0.25) is 11.8 Å². The molecule has 0 aliphatic heterocycles. The Kier molecular flexibility index (Phi) is 7.25. The van der Waals surface area contributed by atoms with E-state index in [1.165, 1.54) is 12.1 Å². The highest BCUT2D eigenvalue weighted by molar-refractivity contribution is 5.96. The monoisotopic (exact) mass is 421 g/mol. The molecule has 2 rings (SSSR count). The number of benzene rings is 2. The Labute approximate surface area is 174 Å². The normalized spacial score (nSPS) is 12.6. The van der Waals surface area contributed by atoms with Crippen LogP contribution in [0.15, 0.2) is 36.4 Å². The second-order valence-corrected chi connectivity index (χ2v) is 7.48. The summed E-state index contributed by atoms with van der Waals surface area (Å²) >= 11 is 0. The molecule has 2 aromatic rings. The summed E-state index contributed by atoms with van der Waals surface area (Å²) in [6.45, 7) is 7.42. The second kappa shape index (κ2) is 9.30. The number of rotatable bonds is 6. The molecule has 8 heteroatoms. The predicted molar refractivity (Wildman–Crippen MR) is 111 cm³/mol. The van der Waals surface area contributed by atoms with Crippen LogP contribution in [-0.2, 0) is 15.8 Å². The lowest BCUT2D eigenvalue weighted by Gasteiger charge is -2.24. The van der Waals surface area contributed by atoms with E-state index < -0.39 is 23.7 Å². The van der Waals surface area contributed by atoms with E-state index in [0.717, 1.165) is 34.5 Å². The van der Waals surface area contributed by atoms with Crippen molar-refractivity contribution in [2.24, 2.45) is 0 Å². The van der Waals surface area contributed by atoms with Gasteiger partial charge >= 0.3 is 6.18 Å². The van der Waals surface area contributed by atoms with Crippen molar-refractivity contribution in [2.45, 2.75) is 39.9 Å². The van der Waals surface area contributed by atoms with Crippen LogP contribution < -0.4 is 10.6 Å². The van der Waals surface area contributed by atoms with Crippen LogP contribution in [0.2, 0.25) is 0 Å². The fraction of sp³-hybridized carbons (Fsp3) is 0.364. The molecule has 0 fully saturated rings. The Morgan fingerprint density at radius 2 is 1.53 bits per heavy atom. The molecule has 1 atom stereocenters. The SMILES string of the molecule is Cc1cc(C)c(NC(=O)CN(C)[C@@H](C)C(=O)Nc2ccc(C(F)(F)F)cc2)c(C)c1. The lowest BCUT2D eigenvalue weighted by molar-refractivity contribution is -0.137. The number of amides is 2. The summed E-state index contributed by atoms with van der Waals surface area (Å²) < 4.78 is 37.9. The van der Waals surface area contributed by atoms with Crippen molar-refractivity contribution in [1.29, 1.82) is 0 Å². The molecule has 2 aromatic carbocycles. The largest absolute Gasteiger partial charge is 0.416 e. The minimum Gasteiger partial charge on any atom is -0.325 e. The summed E-state index contributed by atoms with van der Waals surface area (Å²) in [5.41, 5.74) is 3.23. The Morgan fingerprint density at radius 1 is 1.00 bits per heavy atom. The van der Waals surface area contributed by atoms with Crippen molar-refractivity contribution >= 4 is 23.2 Å². The molecular formula is C22H26F3N3O2. The van der Waals surface area contributed by atoms with Gasteiger partial charge in [-0.05, 0) is 70.1 Å². The molecule has 2 amide bonds. The molecule has 162 valence electrons. The molecule has 0 unspecified atom stereocenters. The first kappa shape index (κ1) is 23.4. The molecule has 2 N–H and O–H groups in total. The van der Waals surface area contributed by atoms with Crippen LogP contribution >= 0.6 is 0 Å². The third-order valence-corrected chi connectivity index (χ3v) is 4.85. The van der Waals surface area contributed by atoms with Crippen LogP contribution in [0.5, 0.6) is 0 Å². The lowest BCUT2D eigenvalue weighted by Crippen LogP contribution is -2.43. The Hall–Kier alpha value is -2.87. The van der Waals surface area contributed by atoms with E-state index >= 15 is 0 Å². The van der Waals surface area contributed by atoms with Gasteiger partial charge in [0.1, 0.15) is 0 Å². The standard InChI is InChI=1S/C22H26F3N3O2/c1-13-10-14(2)20(15(3)11-13)27-19(29)12-28(5)16(4)21(30)26-18-8-6-17(7-9-18)22(23,24)25/h6-11,16H,12H2,1-5H3,(H,26,30)(H,27,29)/t16-/m0/s1. The average Bonchev–Trinajstić information content (AvgIpc) is 2.63. The van der Waals surface area contributed by atoms with Crippen LogP contribution in [0.25, 0.3) is 0 Å². The number of halogens is 3. The van der Waals surface area contributed by atoms with E-state index in [-0.39, 0.29) is 18.1 Å². The molecule has 0 aliphatic rings. The first-order valence-electron chi connectivity index (χ1n) is 9.44. The van der Waals surface area contributed by atoms with Gasteiger partial charge in [0.05, 0.1) is 18.2 Å². The minimum atomic E-state index is -4.43. The summed E-state index contributed by atoms with van der Waals surface area (Å²) in [4.78, 5) is 26.4. The van der Waals surface area contributed by atoms with Crippen molar-refractivity contribution in [3.05, 3.63) is 58.7 Å². The highest BCUT2D eigenvalue weighted by atomic mass is 19.4. The number of carbonyl (C=O) groups is 2. The van der Waals surface area contributed by atoms with Crippen molar-refractivity contribution < 1.29 is 22.8 Å². The summed E-state index contributed by atoms with van der Waals surface area (Å²) in [5.74, 6) is -0.686. The van der Waals surface area contributed by atoms with Crippen LogP contribution in [0.4, 0.5) is 24.5 Å². The maximum absolute atomic E-state index is 12.6. The number of likely N-dealkylation sites (N-methyl/N-ethyl adjacent to an activating group) is 1. The fourth-order valence-electron chi connectivity index (χ4n) is 3.11. The zero-order valence-corrected chi connectivity index (χ0v) is 17.6. The van der Waals surface area contributed by atoms with Crippen LogP contribution in [0.1, 0.15) is 29.2 Å². The molecule has 0 radical (unpaired) electrons. The lowest BCUT2D eigenvalue weighted by atomic mass is 10.1. The van der Waals surface area contributed by atoms with E-state index in [1.54, 1.807) is 18.9 Å². The summed E-state index contributed by atoms with van der Waals surface area (Å²) in [6, 6.07) is 7.50. The number of nitrogens with zero attached hydrogens (tertiary/aromatic N) is 1. The third-order valence-electron chi connectivity index (χ3n) is 4.85. The van der Waals surface area contributed by atoms with E-state index in [2.05, 4.69) is 10.6 Å². The van der Waals surface area contributed by atoms with E-state index in [0.29, 0.717) is 0 Å². The Balaban J connectivity index is 1.95. The number of anilines is 2. The van der Waals surface area contributed by atoms with Crippen LogP contribution in [0.3, 0.4) is 0 Å². The minimum absolute atomic E-state index is 0.0195. The van der Waals surface area contributed by atoms with Gasteiger partial charge in [-0.25, -0.2) is 0 Å². The van der Waals surface area contributed by atoms with Gasteiger partial charge in [-0.15, -0.1) is 0 Å². The van der Waals surface area contributed by atoms with Crippen molar-refractivity contribution in [2.75, 3.05) is 24.2 Å². The van der Waals surface area contributed by atoms with Crippen LogP contribution in [-0.4, -0.2) is 36.3 Å². The van der Waals surface area contributed by atoms with E-state index in [1.807, 2.05) is 32.9 Å². The highest BCUT2D eigenvalue weighted by Gasteiger charge is 2.30. The number of alkyl halides is 3. The van der Waals surface area contributed by atoms with Gasteiger partial charge < -0.3 is 10.6 Å². The zero-order chi connectivity index (χ0) is 22.6. The first-order valence-corrected chi connectivity index (χ1v) is 9.44. The maximum Gasteiger partial charge on any atom is 0.416 e. The molecule has 0 aliphatic carbocycles. The number of aryl methyl sites for hydroxylation is 3. The Bertz CT molecular complexity index is 901. The highest BCUT2D eigenvalue weighted by Crippen LogP contribution is 2.29. The topological polar surface area (TPSA) is 61.4 Å². The molecule has 0 heterocycles. The molecule has 5 nitrogen and oxygen atoms in total. The average molecular weight is 421 g/mol. The molecule has 0 bridgehead atoms. The second-order valence-electron chi connectivity index (χ2n) is 7.48. The molecule has 0 saturated carbocycles. The number of carbonyl (C=O) groups excluding carboxylic acids is 2. The number of nitrogens with one attached hydrogen (secondary N) is 2. The van der Waals surface area contributed by atoms with Gasteiger partial charge in [0.25, 0.3) is 0 Å². The molecular weight excluding hydrogens is 395 g/mol. The molecule has 0 saturated heterocycles. The van der Waals surface area contributed by atoms with Gasteiger partial charge in [0.15, 0.2) is 0 Å². The van der Waals surface area contributed by atoms with Crippen molar-refractivity contribution in [3.63, 3.8) is 0 Å². The third kappa shape index (κ3) is 6.06. The zero-order valence-electron chi connectivity index (χ0n) is 17.6. The quantitative estimate of drug-likeness (QED) is 0.721. The van der Waals surface area contributed by atoms with E-state index in [9.17, 15) is 22.8 Å². The summed E-state index contributed by atoms with van der Waals surface area (Å²) in [7, 11) is 1.63. The summed E-state index contributed by atoms with van der Waals surface area (Å²) in [6.07, 6.45) is -4.43. The molecule has 0 aromatic heterocycles. The van der Waals surface area contributed by atoms with Crippen molar-refractivity contribution in [3.8, 4) is 0 Å². The predicted octanol–water partition coefficient (Wildman–Crippen LogP) is 4.53. The first-order chi connectivity index (χ1) is 13.9. The fourth-order valence-corrected chi connectivity index (χ4v) is 3.11. The molecule has 0 spiro atoms. The van der Waals surface area contributed by atoms with Crippen LogP contribution in [0, 0.1) is 20.8 Å². The van der Waals surface area contributed by atoms with Gasteiger partial charge in [0, 0.05) is 11.4 Å². The summed E-state index contributed by atoms with van der Waals surface area (Å²) in [5, 5.41) is 5.45.